The first-order valence-electron chi connectivity index (χ1n) is 6.33. The average Bonchev–Trinajstić information content (AvgIpc) is 2.86. The van der Waals surface area contributed by atoms with E-state index in [-0.39, 0.29) is 6.04 Å². The van der Waals surface area contributed by atoms with Crippen molar-refractivity contribution >= 4 is 11.6 Å². The molecule has 0 spiro atoms. The molecule has 102 valence electrons. The fraction of sp³-hybridized carbons (Fsp3) is 0.333. The summed E-state index contributed by atoms with van der Waals surface area (Å²) in [4.78, 5) is 2.19. The third-order valence-electron chi connectivity index (χ3n) is 3.37. The summed E-state index contributed by atoms with van der Waals surface area (Å²) in [6.07, 6.45) is 1.71. The Balaban J connectivity index is 2.07. The normalized spacial score (nSPS) is 12.9. The quantitative estimate of drug-likeness (QED) is 0.909. The highest BCUT2D eigenvalue weighted by Crippen LogP contribution is 2.27. The van der Waals surface area contributed by atoms with E-state index in [4.69, 9.17) is 21.8 Å². The Morgan fingerprint density at radius 3 is 2.74 bits per heavy atom. The zero-order valence-electron chi connectivity index (χ0n) is 11.3. The smallest absolute Gasteiger partial charge is 0.118 e. The molecule has 19 heavy (non-hydrogen) atoms. The maximum atomic E-state index is 6.23. The fourth-order valence-electron chi connectivity index (χ4n) is 2.05. The van der Waals surface area contributed by atoms with E-state index in [9.17, 15) is 0 Å². The summed E-state index contributed by atoms with van der Waals surface area (Å²) >= 11 is 6.23. The van der Waals surface area contributed by atoms with Crippen LogP contribution in [0.5, 0.6) is 0 Å². The Kier molecular flexibility index (Phi) is 4.64. The van der Waals surface area contributed by atoms with Crippen LogP contribution in [0.3, 0.4) is 0 Å². The van der Waals surface area contributed by atoms with Gasteiger partial charge in [0.15, 0.2) is 0 Å². The monoisotopic (exact) mass is 278 g/mol. The molecule has 4 heteroatoms. The van der Waals surface area contributed by atoms with Gasteiger partial charge >= 0.3 is 0 Å². The van der Waals surface area contributed by atoms with Crippen molar-refractivity contribution in [1.82, 2.24) is 4.90 Å². The molecule has 0 aliphatic heterocycles. The molecule has 2 rings (SSSR count). The minimum atomic E-state index is 0.222. The van der Waals surface area contributed by atoms with Gasteiger partial charge in [0.2, 0.25) is 0 Å². The highest BCUT2D eigenvalue weighted by atomic mass is 35.5. The van der Waals surface area contributed by atoms with E-state index in [0.717, 1.165) is 28.5 Å². The van der Waals surface area contributed by atoms with Crippen LogP contribution in [0.15, 0.2) is 41.0 Å². The second kappa shape index (κ2) is 6.24. The second-order valence-electron chi connectivity index (χ2n) is 4.74. The first-order chi connectivity index (χ1) is 9.11. The van der Waals surface area contributed by atoms with Gasteiger partial charge in [-0.15, -0.1) is 0 Å². The average molecular weight is 279 g/mol. The van der Waals surface area contributed by atoms with Crippen molar-refractivity contribution < 1.29 is 4.42 Å². The minimum Gasteiger partial charge on any atom is -0.468 e. The molecule has 0 fully saturated rings. The molecule has 1 unspecified atom stereocenters. The highest BCUT2D eigenvalue weighted by molar-refractivity contribution is 6.31. The summed E-state index contributed by atoms with van der Waals surface area (Å²) in [7, 11) is 2.05. The standard InChI is InChI=1S/C15H19ClN2O/c1-11(14-5-3-4-6-15(14)16)18(2)9-13-7-12(8-17)10-19-13/h3-7,10-11H,8-9,17H2,1-2H3. The maximum absolute atomic E-state index is 6.23. The van der Waals surface area contributed by atoms with Crippen LogP contribution in [0, 0.1) is 0 Å². The highest BCUT2D eigenvalue weighted by Gasteiger charge is 2.15. The van der Waals surface area contributed by atoms with Gasteiger partial charge in [0.05, 0.1) is 12.8 Å². The van der Waals surface area contributed by atoms with Crippen molar-refractivity contribution in [3.05, 3.63) is 58.5 Å². The molecular weight excluding hydrogens is 260 g/mol. The number of nitrogens with zero attached hydrogens (tertiary/aromatic N) is 1. The molecule has 1 aromatic heterocycles. The van der Waals surface area contributed by atoms with Gasteiger partial charge in [0.25, 0.3) is 0 Å². The van der Waals surface area contributed by atoms with Crippen molar-refractivity contribution in [3.63, 3.8) is 0 Å². The van der Waals surface area contributed by atoms with Gasteiger partial charge in [-0.1, -0.05) is 29.8 Å². The Morgan fingerprint density at radius 1 is 1.37 bits per heavy atom. The zero-order chi connectivity index (χ0) is 13.8. The van der Waals surface area contributed by atoms with Crippen LogP contribution in [-0.2, 0) is 13.1 Å². The van der Waals surface area contributed by atoms with Crippen LogP contribution in [0.1, 0.15) is 29.9 Å². The van der Waals surface area contributed by atoms with Gasteiger partial charge in [-0.05, 0) is 31.7 Å². The number of nitrogens with two attached hydrogens (primary N) is 1. The third kappa shape index (κ3) is 3.38. The number of hydrogen-bond acceptors (Lipinski definition) is 3. The molecule has 1 aromatic carbocycles. The van der Waals surface area contributed by atoms with Gasteiger partial charge < -0.3 is 10.2 Å². The first kappa shape index (κ1) is 14.1. The van der Waals surface area contributed by atoms with Crippen molar-refractivity contribution in [1.29, 1.82) is 0 Å². The van der Waals surface area contributed by atoms with Gasteiger partial charge in [-0.2, -0.15) is 0 Å². The lowest BCUT2D eigenvalue weighted by molar-refractivity contribution is 0.232. The molecule has 0 bridgehead atoms. The minimum absolute atomic E-state index is 0.222. The Labute approximate surface area is 119 Å². The van der Waals surface area contributed by atoms with Crippen LogP contribution in [0.4, 0.5) is 0 Å². The van der Waals surface area contributed by atoms with E-state index < -0.39 is 0 Å². The topological polar surface area (TPSA) is 42.4 Å². The van der Waals surface area contributed by atoms with Crippen molar-refractivity contribution in [2.45, 2.75) is 26.1 Å². The summed E-state index contributed by atoms with van der Waals surface area (Å²) in [5, 5.41) is 0.795. The van der Waals surface area contributed by atoms with Crippen molar-refractivity contribution in [2.24, 2.45) is 5.73 Å². The number of halogens is 1. The number of furan rings is 1. The fourth-order valence-corrected chi connectivity index (χ4v) is 2.34. The molecule has 1 atom stereocenters. The molecule has 0 saturated heterocycles. The number of benzene rings is 1. The van der Waals surface area contributed by atoms with Gasteiger partial charge in [-0.3, -0.25) is 4.90 Å². The SMILES string of the molecule is CC(c1ccccc1Cl)N(C)Cc1cc(CN)co1. The largest absolute Gasteiger partial charge is 0.468 e. The van der Waals surface area contributed by atoms with Gasteiger partial charge in [0.1, 0.15) is 5.76 Å². The molecule has 3 nitrogen and oxygen atoms in total. The Bertz CT molecular complexity index is 538. The lowest BCUT2D eigenvalue weighted by atomic mass is 10.1. The van der Waals surface area contributed by atoms with Crippen LogP contribution in [-0.4, -0.2) is 11.9 Å². The predicted octanol–water partition coefficient (Wildman–Crippen LogP) is 3.58. The molecule has 0 saturated carbocycles. The van der Waals surface area contributed by atoms with Crippen LogP contribution in [0.2, 0.25) is 5.02 Å². The molecule has 0 aliphatic carbocycles. The van der Waals surface area contributed by atoms with Crippen molar-refractivity contribution in [3.8, 4) is 0 Å². The Morgan fingerprint density at radius 2 is 2.11 bits per heavy atom. The molecule has 2 N–H and O–H groups in total. The van der Waals surface area contributed by atoms with E-state index in [0.29, 0.717) is 6.54 Å². The zero-order valence-corrected chi connectivity index (χ0v) is 12.0. The second-order valence-corrected chi connectivity index (χ2v) is 5.15. The van der Waals surface area contributed by atoms with Gasteiger partial charge in [0, 0.05) is 23.2 Å². The molecule has 0 amide bonds. The summed E-state index contributed by atoms with van der Waals surface area (Å²) in [5.74, 6) is 0.918. The molecule has 0 radical (unpaired) electrons. The maximum Gasteiger partial charge on any atom is 0.118 e. The van der Waals surface area contributed by atoms with Crippen molar-refractivity contribution in [2.75, 3.05) is 7.05 Å². The van der Waals surface area contributed by atoms with E-state index in [1.807, 2.05) is 24.3 Å². The predicted molar refractivity (Wildman–Crippen MR) is 77.9 cm³/mol. The number of hydrogen-bond donors (Lipinski definition) is 1. The summed E-state index contributed by atoms with van der Waals surface area (Å²) in [6.45, 7) is 3.37. The Hall–Kier alpha value is -1.29. The molecule has 0 aliphatic rings. The van der Waals surface area contributed by atoms with E-state index in [1.165, 1.54) is 0 Å². The molecular formula is C15H19ClN2O. The molecule has 1 heterocycles. The molecule has 2 aromatic rings. The van der Waals surface area contributed by atoms with Crippen LogP contribution < -0.4 is 5.73 Å². The lowest BCUT2D eigenvalue weighted by Gasteiger charge is -2.24. The van der Waals surface area contributed by atoms with E-state index >= 15 is 0 Å². The summed E-state index contributed by atoms with van der Waals surface area (Å²) < 4.78 is 5.49. The van der Waals surface area contributed by atoms with E-state index in [1.54, 1.807) is 6.26 Å². The summed E-state index contributed by atoms with van der Waals surface area (Å²) in [5.41, 5.74) is 7.72. The van der Waals surface area contributed by atoms with E-state index in [2.05, 4.69) is 24.9 Å². The number of rotatable bonds is 5. The third-order valence-corrected chi connectivity index (χ3v) is 3.71. The first-order valence-corrected chi connectivity index (χ1v) is 6.70. The van der Waals surface area contributed by atoms with Crippen LogP contribution in [0.25, 0.3) is 0 Å². The van der Waals surface area contributed by atoms with Gasteiger partial charge in [-0.25, -0.2) is 0 Å². The van der Waals surface area contributed by atoms with Crippen LogP contribution >= 0.6 is 11.6 Å². The summed E-state index contributed by atoms with van der Waals surface area (Å²) in [6, 6.07) is 10.1. The lowest BCUT2D eigenvalue weighted by Crippen LogP contribution is -2.21.